The maximum atomic E-state index is 13.0. The van der Waals surface area contributed by atoms with Crippen LogP contribution in [0.1, 0.15) is 16.1 Å². The number of fused-ring (bicyclic) bond motifs is 1. The molecule has 4 rings (SSSR count). The van der Waals surface area contributed by atoms with E-state index in [0.717, 1.165) is 5.39 Å². The molecular weight excluding hydrogens is 426 g/mol. The third-order valence-electron chi connectivity index (χ3n) is 4.91. The third kappa shape index (κ3) is 4.55. The molecule has 1 aromatic heterocycles. The Hall–Kier alpha value is -3.91. The number of aromatic nitrogens is 1. The molecule has 1 amide bonds. The number of hydrogen-bond acceptors (Lipinski definition) is 5. The lowest BCUT2D eigenvalue weighted by Crippen LogP contribution is -2.17. The fourth-order valence-electron chi connectivity index (χ4n) is 3.22. The van der Waals surface area contributed by atoms with Crippen molar-refractivity contribution in [1.82, 2.24) is 4.98 Å². The molecule has 7 nitrogen and oxygen atoms in total. The first-order chi connectivity index (χ1) is 15.4. The number of aryl methyl sites for hydroxylation is 1. The molecule has 0 atom stereocenters. The average molecular weight is 448 g/mol. The molecule has 1 heterocycles. The topological polar surface area (TPSA) is 97.4 Å². The highest BCUT2D eigenvalue weighted by molar-refractivity contribution is 7.92. The molecule has 0 saturated heterocycles. The van der Waals surface area contributed by atoms with Gasteiger partial charge in [0.05, 0.1) is 17.5 Å². The highest BCUT2D eigenvalue weighted by atomic mass is 32.2. The summed E-state index contributed by atoms with van der Waals surface area (Å²) in [5.74, 6) is 0.196. The van der Waals surface area contributed by atoms with Crippen molar-refractivity contribution in [2.24, 2.45) is 0 Å². The van der Waals surface area contributed by atoms with Crippen molar-refractivity contribution in [2.45, 2.75) is 11.8 Å². The number of benzene rings is 3. The Morgan fingerprint density at radius 2 is 1.62 bits per heavy atom. The Bertz CT molecular complexity index is 1400. The molecule has 0 fully saturated rings. The van der Waals surface area contributed by atoms with Gasteiger partial charge in [-0.05, 0) is 61.0 Å². The van der Waals surface area contributed by atoms with Crippen LogP contribution in [0.3, 0.4) is 0 Å². The number of carbonyl (C=O) groups excluding carboxylic acids is 1. The van der Waals surface area contributed by atoms with Gasteiger partial charge in [0, 0.05) is 16.8 Å². The van der Waals surface area contributed by atoms with Crippen molar-refractivity contribution in [1.29, 1.82) is 0 Å². The van der Waals surface area contributed by atoms with Crippen molar-refractivity contribution < 1.29 is 17.9 Å². The minimum absolute atomic E-state index is 0.0672. The Kier molecular flexibility index (Phi) is 5.79. The summed E-state index contributed by atoms with van der Waals surface area (Å²) in [4.78, 5) is 17.1. The highest BCUT2D eigenvalue weighted by Gasteiger charge is 2.19. The quantitative estimate of drug-likeness (QED) is 0.450. The number of amides is 1. The highest BCUT2D eigenvalue weighted by Crippen LogP contribution is 2.24. The molecule has 3 aromatic carbocycles. The largest absolute Gasteiger partial charge is 0.497 e. The maximum absolute atomic E-state index is 13.0. The fourth-order valence-corrected chi connectivity index (χ4v) is 4.55. The van der Waals surface area contributed by atoms with Crippen molar-refractivity contribution in [3.8, 4) is 5.75 Å². The normalized spacial score (nSPS) is 11.2. The maximum Gasteiger partial charge on any atom is 0.274 e. The minimum atomic E-state index is -3.87. The van der Waals surface area contributed by atoms with Gasteiger partial charge in [-0.3, -0.25) is 9.52 Å². The molecule has 32 heavy (non-hydrogen) atoms. The molecule has 0 radical (unpaired) electrons. The van der Waals surface area contributed by atoms with Gasteiger partial charge in [0.25, 0.3) is 15.9 Å². The van der Waals surface area contributed by atoms with E-state index in [1.54, 1.807) is 49.4 Å². The van der Waals surface area contributed by atoms with Crippen molar-refractivity contribution >= 4 is 38.2 Å². The van der Waals surface area contributed by atoms with E-state index < -0.39 is 15.9 Å². The molecule has 0 saturated carbocycles. The van der Waals surface area contributed by atoms with Gasteiger partial charge in [0.2, 0.25) is 0 Å². The van der Waals surface area contributed by atoms with Gasteiger partial charge < -0.3 is 10.1 Å². The number of hydrogen-bond donors (Lipinski definition) is 2. The van der Waals surface area contributed by atoms with Crippen LogP contribution < -0.4 is 14.8 Å². The van der Waals surface area contributed by atoms with E-state index in [-0.39, 0.29) is 10.6 Å². The number of anilines is 2. The van der Waals surface area contributed by atoms with E-state index in [1.165, 1.54) is 13.2 Å². The summed E-state index contributed by atoms with van der Waals surface area (Å²) in [6, 6.07) is 22.2. The van der Waals surface area contributed by atoms with Crippen LogP contribution in [0.4, 0.5) is 11.4 Å². The number of pyridine rings is 1. The van der Waals surface area contributed by atoms with Gasteiger partial charge in [0.15, 0.2) is 0 Å². The summed E-state index contributed by atoms with van der Waals surface area (Å²) in [7, 11) is -2.34. The molecule has 0 aliphatic carbocycles. The Morgan fingerprint density at radius 3 is 2.38 bits per heavy atom. The second kappa shape index (κ2) is 8.68. The first-order valence-corrected chi connectivity index (χ1v) is 11.3. The molecule has 0 bridgehead atoms. The lowest BCUT2D eigenvalue weighted by molar-refractivity contribution is 0.102. The van der Waals surface area contributed by atoms with Crippen LogP contribution in [0.5, 0.6) is 5.75 Å². The number of nitrogens with one attached hydrogen (secondary N) is 2. The summed E-state index contributed by atoms with van der Waals surface area (Å²) >= 11 is 0. The molecule has 0 unspecified atom stereocenters. The van der Waals surface area contributed by atoms with Gasteiger partial charge >= 0.3 is 0 Å². The van der Waals surface area contributed by atoms with E-state index in [2.05, 4.69) is 15.0 Å². The predicted molar refractivity (Wildman–Crippen MR) is 125 cm³/mol. The fraction of sp³-hybridized carbons (Fsp3) is 0.0833. The average Bonchev–Trinajstić information content (AvgIpc) is 2.80. The zero-order chi connectivity index (χ0) is 22.7. The number of sulfonamides is 1. The number of ether oxygens (including phenoxy) is 1. The molecule has 4 aromatic rings. The van der Waals surface area contributed by atoms with E-state index in [4.69, 9.17) is 4.74 Å². The molecule has 2 N–H and O–H groups in total. The molecule has 0 aliphatic heterocycles. The summed E-state index contributed by atoms with van der Waals surface area (Å²) in [6.07, 6.45) is 0. The van der Waals surface area contributed by atoms with E-state index in [1.807, 2.05) is 30.3 Å². The first kappa shape index (κ1) is 21.3. The molecule has 0 aliphatic rings. The first-order valence-electron chi connectivity index (χ1n) is 9.80. The molecule has 162 valence electrons. The summed E-state index contributed by atoms with van der Waals surface area (Å²) in [5, 5.41) is 3.66. The summed E-state index contributed by atoms with van der Waals surface area (Å²) < 4.78 is 33.6. The van der Waals surface area contributed by atoms with Crippen LogP contribution in [-0.4, -0.2) is 26.4 Å². The number of para-hydroxylation sites is 1. The SMILES string of the molecule is COc1ccc(NS(=O)(=O)c2cc(NC(=O)c3ccc4ccccc4n3)ccc2C)cc1. The monoisotopic (exact) mass is 447 g/mol. The zero-order valence-corrected chi connectivity index (χ0v) is 18.3. The van der Waals surface area contributed by atoms with Gasteiger partial charge in [-0.25, -0.2) is 13.4 Å². The smallest absolute Gasteiger partial charge is 0.274 e. The van der Waals surface area contributed by atoms with Crippen LogP contribution >= 0.6 is 0 Å². The predicted octanol–water partition coefficient (Wildman–Crippen LogP) is 4.60. The number of carbonyl (C=O) groups is 1. The van der Waals surface area contributed by atoms with Crippen LogP contribution in [0.2, 0.25) is 0 Å². The lowest BCUT2D eigenvalue weighted by atomic mass is 10.2. The second-order valence-corrected chi connectivity index (χ2v) is 8.81. The minimum Gasteiger partial charge on any atom is -0.497 e. The standard InChI is InChI=1S/C24H21N3O4S/c1-16-7-9-19(25-24(28)22-14-8-17-5-3-4-6-21(17)26-22)15-23(16)32(29,30)27-18-10-12-20(31-2)13-11-18/h3-15,27H,1-2H3,(H,25,28). The van der Waals surface area contributed by atoms with Gasteiger partial charge in [0.1, 0.15) is 11.4 Å². The summed E-state index contributed by atoms with van der Waals surface area (Å²) in [6.45, 7) is 1.69. The molecule has 0 spiro atoms. The van der Waals surface area contributed by atoms with Gasteiger partial charge in [-0.1, -0.05) is 30.3 Å². The number of rotatable bonds is 6. The Morgan fingerprint density at radius 1 is 0.906 bits per heavy atom. The van der Waals surface area contributed by atoms with Crippen LogP contribution in [0, 0.1) is 6.92 Å². The molecule has 8 heteroatoms. The third-order valence-corrected chi connectivity index (χ3v) is 6.43. The number of nitrogens with zero attached hydrogens (tertiary/aromatic N) is 1. The zero-order valence-electron chi connectivity index (χ0n) is 17.5. The van der Waals surface area contributed by atoms with Crippen molar-refractivity contribution in [3.63, 3.8) is 0 Å². The van der Waals surface area contributed by atoms with Crippen molar-refractivity contribution in [2.75, 3.05) is 17.1 Å². The molecular formula is C24H21N3O4S. The van der Waals surface area contributed by atoms with E-state index >= 15 is 0 Å². The van der Waals surface area contributed by atoms with E-state index in [0.29, 0.717) is 28.2 Å². The van der Waals surface area contributed by atoms with E-state index in [9.17, 15) is 13.2 Å². The summed E-state index contributed by atoms with van der Waals surface area (Å²) in [5.41, 5.74) is 2.25. The lowest BCUT2D eigenvalue weighted by Gasteiger charge is -2.13. The Labute approximate surface area is 186 Å². The van der Waals surface area contributed by atoms with Crippen LogP contribution in [-0.2, 0) is 10.0 Å². The number of methoxy groups -OCH3 is 1. The van der Waals surface area contributed by atoms with Gasteiger partial charge in [-0.15, -0.1) is 0 Å². The van der Waals surface area contributed by atoms with Crippen LogP contribution in [0.25, 0.3) is 10.9 Å². The Balaban J connectivity index is 1.57. The van der Waals surface area contributed by atoms with Crippen molar-refractivity contribution in [3.05, 3.63) is 90.1 Å². The van der Waals surface area contributed by atoms with Gasteiger partial charge in [-0.2, -0.15) is 0 Å². The van der Waals surface area contributed by atoms with Crippen LogP contribution in [0.15, 0.2) is 83.8 Å². The second-order valence-electron chi connectivity index (χ2n) is 7.16.